The molecule has 0 spiro atoms. The molecular weight excluding hydrogens is 290 g/mol. The molecule has 1 aromatic carbocycles. The lowest BCUT2D eigenvalue weighted by Gasteiger charge is -2.31. The van der Waals surface area contributed by atoms with Gasteiger partial charge in [-0.1, -0.05) is 0 Å². The summed E-state index contributed by atoms with van der Waals surface area (Å²) in [4.78, 5) is 0. The van der Waals surface area contributed by atoms with E-state index in [4.69, 9.17) is 10.5 Å². The van der Waals surface area contributed by atoms with Crippen LogP contribution in [-0.2, 0) is 10.2 Å². The van der Waals surface area contributed by atoms with Gasteiger partial charge in [-0.25, -0.2) is 0 Å². The first-order valence-electron chi connectivity index (χ1n) is 6.94. The molecule has 7 heteroatoms. The van der Waals surface area contributed by atoms with Gasteiger partial charge in [0, 0.05) is 19.6 Å². The number of hydrogen-bond donors (Lipinski definition) is 1. The van der Waals surface area contributed by atoms with Gasteiger partial charge in [0.05, 0.1) is 12.8 Å². The Labute approximate surface area is 127 Å². The summed E-state index contributed by atoms with van der Waals surface area (Å²) in [6.07, 6.45) is 0.594. The van der Waals surface area contributed by atoms with E-state index in [9.17, 15) is 8.42 Å². The van der Waals surface area contributed by atoms with Gasteiger partial charge in [0.25, 0.3) is 0 Å². The molecule has 0 saturated heterocycles. The highest BCUT2D eigenvalue weighted by atomic mass is 32.2. The van der Waals surface area contributed by atoms with E-state index in [2.05, 4.69) is 0 Å². The Morgan fingerprint density at radius 1 is 1.24 bits per heavy atom. The average molecular weight is 315 g/mol. The van der Waals surface area contributed by atoms with Crippen molar-refractivity contribution < 1.29 is 13.2 Å². The Bertz CT molecular complexity index is 529. The number of nitrogens with two attached hydrogens (primary N) is 1. The van der Waals surface area contributed by atoms with Crippen LogP contribution in [0.3, 0.4) is 0 Å². The second-order valence-electron chi connectivity index (χ2n) is 5.03. The van der Waals surface area contributed by atoms with Crippen LogP contribution < -0.4 is 14.8 Å². The highest BCUT2D eigenvalue weighted by Crippen LogP contribution is 2.24. The lowest BCUT2D eigenvalue weighted by Crippen LogP contribution is -2.45. The Hall–Kier alpha value is -1.31. The van der Waals surface area contributed by atoms with Crippen molar-refractivity contribution in [1.29, 1.82) is 0 Å². The van der Waals surface area contributed by atoms with E-state index in [0.29, 0.717) is 30.9 Å². The Kier molecular flexibility index (Phi) is 6.44. The van der Waals surface area contributed by atoms with Gasteiger partial charge in [-0.15, -0.1) is 0 Å². The molecule has 0 aromatic heterocycles. The molecule has 2 N–H and O–H groups in total. The van der Waals surface area contributed by atoms with E-state index in [1.54, 1.807) is 38.4 Å². The van der Waals surface area contributed by atoms with Crippen LogP contribution in [0.15, 0.2) is 24.3 Å². The van der Waals surface area contributed by atoms with Gasteiger partial charge in [-0.3, -0.25) is 4.31 Å². The van der Waals surface area contributed by atoms with Gasteiger partial charge < -0.3 is 10.5 Å². The third-order valence-corrected chi connectivity index (χ3v) is 5.40. The van der Waals surface area contributed by atoms with Crippen LogP contribution in [0.1, 0.15) is 20.3 Å². The maximum atomic E-state index is 12.7. The molecule has 6 nitrogen and oxygen atoms in total. The third-order valence-electron chi connectivity index (χ3n) is 3.30. The normalized spacial score (nSPS) is 12.0. The van der Waals surface area contributed by atoms with Crippen molar-refractivity contribution in [2.24, 2.45) is 5.73 Å². The fourth-order valence-corrected chi connectivity index (χ4v) is 3.37. The van der Waals surface area contributed by atoms with Gasteiger partial charge in [-0.2, -0.15) is 12.7 Å². The van der Waals surface area contributed by atoms with Gasteiger partial charge in [0.1, 0.15) is 5.75 Å². The number of benzene rings is 1. The molecule has 0 bridgehead atoms. The van der Waals surface area contributed by atoms with Crippen molar-refractivity contribution in [2.45, 2.75) is 26.3 Å². The quantitative estimate of drug-likeness (QED) is 0.787. The summed E-state index contributed by atoms with van der Waals surface area (Å²) in [6, 6.07) is 6.85. The second kappa shape index (κ2) is 7.63. The monoisotopic (exact) mass is 315 g/mol. The summed E-state index contributed by atoms with van der Waals surface area (Å²) >= 11 is 0. The Morgan fingerprint density at radius 3 is 2.24 bits per heavy atom. The highest BCUT2D eigenvalue weighted by molar-refractivity contribution is 7.90. The molecule has 0 saturated carbocycles. The van der Waals surface area contributed by atoms with Gasteiger partial charge in [0.15, 0.2) is 0 Å². The Morgan fingerprint density at radius 2 is 1.81 bits per heavy atom. The first-order chi connectivity index (χ1) is 9.84. The van der Waals surface area contributed by atoms with E-state index in [0.717, 1.165) is 0 Å². The summed E-state index contributed by atoms with van der Waals surface area (Å²) in [5.41, 5.74) is 6.13. The molecule has 0 atom stereocenters. The predicted octanol–water partition coefficient (Wildman–Crippen LogP) is 1.44. The number of nitrogens with zero attached hydrogens (tertiary/aromatic N) is 2. The molecule has 1 rings (SSSR count). The molecule has 21 heavy (non-hydrogen) atoms. The maximum absolute atomic E-state index is 12.7. The molecule has 120 valence electrons. The number of rotatable bonds is 8. The van der Waals surface area contributed by atoms with E-state index in [1.807, 2.05) is 13.8 Å². The third kappa shape index (κ3) is 4.33. The van der Waals surface area contributed by atoms with Gasteiger partial charge in [-0.05, 0) is 51.1 Å². The van der Waals surface area contributed by atoms with Crippen molar-refractivity contribution in [1.82, 2.24) is 4.31 Å². The zero-order chi connectivity index (χ0) is 16.0. The molecular formula is C14H25N3O3S. The summed E-state index contributed by atoms with van der Waals surface area (Å²) in [6.45, 7) is 4.47. The molecule has 0 heterocycles. The molecule has 0 unspecified atom stereocenters. The van der Waals surface area contributed by atoms with Crippen LogP contribution >= 0.6 is 0 Å². The molecule has 0 fully saturated rings. The first kappa shape index (κ1) is 17.7. The zero-order valence-corrected chi connectivity index (χ0v) is 13.9. The first-order valence-corrected chi connectivity index (χ1v) is 8.34. The predicted molar refractivity (Wildman–Crippen MR) is 85.8 cm³/mol. The molecule has 0 aliphatic rings. The fraction of sp³-hybridized carbons (Fsp3) is 0.571. The van der Waals surface area contributed by atoms with Crippen LogP contribution in [0.5, 0.6) is 5.75 Å². The summed E-state index contributed by atoms with van der Waals surface area (Å²) in [5, 5.41) is 0. The topological polar surface area (TPSA) is 75.9 Å². The lowest BCUT2D eigenvalue weighted by molar-refractivity contribution is 0.407. The van der Waals surface area contributed by atoms with E-state index < -0.39 is 10.2 Å². The number of methoxy groups -OCH3 is 1. The fourth-order valence-electron chi connectivity index (χ4n) is 1.78. The van der Waals surface area contributed by atoms with Crippen LogP contribution in [0.4, 0.5) is 5.69 Å². The average Bonchev–Trinajstić information content (AvgIpc) is 2.47. The Balaban J connectivity index is 3.15. The maximum Gasteiger partial charge on any atom is 0.304 e. The van der Waals surface area contributed by atoms with Crippen molar-refractivity contribution in [3.8, 4) is 5.75 Å². The lowest BCUT2D eigenvalue weighted by atomic mass is 10.3. The highest BCUT2D eigenvalue weighted by Gasteiger charge is 2.28. The van der Waals surface area contributed by atoms with E-state index in [-0.39, 0.29) is 6.04 Å². The number of hydrogen-bond acceptors (Lipinski definition) is 4. The molecule has 0 amide bonds. The van der Waals surface area contributed by atoms with E-state index in [1.165, 1.54) is 8.61 Å². The van der Waals surface area contributed by atoms with E-state index >= 15 is 0 Å². The minimum Gasteiger partial charge on any atom is -0.497 e. The van der Waals surface area contributed by atoms with Crippen LogP contribution in [0.25, 0.3) is 0 Å². The van der Waals surface area contributed by atoms with Crippen LogP contribution in [0, 0.1) is 0 Å². The molecule has 0 aliphatic heterocycles. The zero-order valence-electron chi connectivity index (χ0n) is 13.1. The van der Waals surface area contributed by atoms with Gasteiger partial charge in [0.2, 0.25) is 0 Å². The largest absolute Gasteiger partial charge is 0.497 e. The minimum atomic E-state index is -3.57. The van der Waals surface area contributed by atoms with Crippen molar-refractivity contribution in [3.05, 3.63) is 24.3 Å². The number of anilines is 1. The van der Waals surface area contributed by atoms with Crippen molar-refractivity contribution in [2.75, 3.05) is 31.6 Å². The van der Waals surface area contributed by atoms with Gasteiger partial charge >= 0.3 is 10.2 Å². The summed E-state index contributed by atoms with van der Waals surface area (Å²) < 4.78 is 33.3. The molecule has 1 aromatic rings. The smallest absolute Gasteiger partial charge is 0.304 e. The van der Waals surface area contributed by atoms with Crippen LogP contribution in [0.2, 0.25) is 0 Å². The standard InChI is InChI=1S/C14H25N3O3S/c1-12(2)16(3)21(18,19)17(11-5-10-15)13-6-8-14(20-4)9-7-13/h6-9,12H,5,10-11,15H2,1-4H3. The summed E-state index contributed by atoms with van der Waals surface area (Å²) in [5.74, 6) is 0.687. The molecule has 0 aliphatic carbocycles. The number of ether oxygens (including phenoxy) is 1. The minimum absolute atomic E-state index is 0.117. The summed E-state index contributed by atoms with van der Waals surface area (Å²) in [7, 11) is -0.419. The molecule has 0 radical (unpaired) electrons. The second-order valence-corrected chi connectivity index (χ2v) is 6.94. The van der Waals surface area contributed by atoms with Crippen molar-refractivity contribution >= 4 is 15.9 Å². The SMILES string of the molecule is COc1ccc(N(CCCN)S(=O)(=O)N(C)C(C)C)cc1. The van der Waals surface area contributed by atoms with Crippen LogP contribution in [-0.4, -0.2) is 46.0 Å². The van der Waals surface area contributed by atoms with Crippen molar-refractivity contribution in [3.63, 3.8) is 0 Å².